The molecule has 0 spiro atoms. The SMILES string of the molecule is CC(C)NC1CCN(C(C)c2cccc(Br)c2)C1=O. The topological polar surface area (TPSA) is 32.3 Å². The number of hydrogen-bond acceptors (Lipinski definition) is 2. The summed E-state index contributed by atoms with van der Waals surface area (Å²) in [5.74, 6) is 0.223. The van der Waals surface area contributed by atoms with Crippen molar-refractivity contribution in [3.05, 3.63) is 34.3 Å². The maximum absolute atomic E-state index is 12.4. The molecule has 0 bridgehead atoms. The van der Waals surface area contributed by atoms with Crippen LogP contribution in [-0.2, 0) is 4.79 Å². The van der Waals surface area contributed by atoms with Crippen molar-refractivity contribution in [2.45, 2.75) is 45.3 Å². The van der Waals surface area contributed by atoms with E-state index in [1.807, 2.05) is 17.0 Å². The lowest BCUT2D eigenvalue weighted by Crippen LogP contribution is -2.42. The Morgan fingerprint density at radius 1 is 1.37 bits per heavy atom. The van der Waals surface area contributed by atoms with Gasteiger partial charge in [-0.3, -0.25) is 4.79 Å². The number of likely N-dealkylation sites (tertiary alicyclic amines) is 1. The van der Waals surface area contributed by atoms with Crippen LogP contribution in [0.1, 0.15) is 38.8 Å². The molecule has 0 aliphatic carbocycles. The van der Waals surface area contributed by atoms with Crippen LogP contribution in [0.5, 0.6) is 0 Å². The van der Waals surface area contributed by atoms with Gasteiger partial charge in [0.2, 0.25) is 5.91 Å². The zero-order chi connectivity index (χ0) is 14.0. The molecule has 1 amide bonds. The van der Waals surface area contributed by atoms with Crippen molar-refractivity contribution in [2.75, 3.05) is 6.54 Å². The predicted octanol–water partition coefficient (Wildman–Crippen LogP) is 3.11. The fourth-order valence-corrected chi connectivity index (χ4v) is 3.01. The first-order valence-electron chi connectivity index (χ1n) is 6.81. The fraction of sp³-hybridized carbons (Fsp3) is 0.533. The summed E-state index contributed by atoms with van der Waals surface area (Å²) >= 11 is 3.48. The monoisotopic (exact) mass is 324 g/mol. The van der Waals surface area contributed by atoms with E-state index in [0.717, 1.165) is 17.4 Å². The standard InChI is InChI=1S/C15H21BrN2O/c1-10(2)17-14-7-8-18(15(14)19)11(3)12-5-4-6-13(16)9-12/h4-6,9-11,14,17H,7-8H2,1-3H3. The van der Waals surface area contributed by atoms with Gasteiger partial charge in [-0.15, -0.1) is 0 Å². The Kier molecular flexibility index (Phi) is 4.63. The minimum absolute atomic E-state index is 0.0189. The van der Waals surface area contributed by atoms with Crippen LogP contribution in [0.4, 0.5) is 0 Å². The first kappa shape index (κ1) is 14.5. The lowest BCUT2D eigenvalue weighted by molar-refractivity contribution is -0.131. The Labute approximate surface area is 123 Å². The summed E-state index contributed by atoms with van der Waals surface area (Å²) in [6, 6.07) is 8.63. The molecule has 1 aromatic carbocycles. The maximum atomic E-state index is 12.4. The van der Waals surface area contributed by atoms with Crippen LogP contribution in [0.25, 0.3) is 0 Å². The Morgan fingerprint density at radius 2 is 2.11 bits per heavy atom. The lowest BCUT2D eigenvalue weighted by Gasteiger charge is -2.26. The Balaban J connectivity index is 2.09. The second-order valence-corrected chi connectivity index (χ2v) is 6.34. The van der Waals surface area contributed by atoms with Crippen molar-refractivity contribution in [1.82, 2.24) is 10.2 Å². The average Bonchev–Trinajstić information content (AvgIpc) is 2.69. The molecule has 19 heavy (non-hydrogen) atoms. The van der Waals surface area contributed by atoms with Gasteiger partial charge in [-0.2, -0.15) is 0 Å². The van der Waals surface area contributed by atoms with E-state index in [0.29, 0.717) is 6.04 Å². The van der Waals surface area contributed by atoms with Gasteiger partial charge < -0.3 is 10.2 Å². The quantitative estimate of drug-likeness (QED) is 0.922. The number of benzene rings is 1. The summed E-state index contributed by atoms with van der Waals surface area (Å²) < 4.78 is 1.06. The molecule has 2 unspecified atom stereocenters. The van der Waals surface area contributed by atoms with E-state index in [9.17, 15) is 4.79 Å². The Bertz CT molecular complexity index is 461. The van der Waals surface area contributed by atoms with E-state index in [1.165, 1.54) is 5.56 Å². The molecule has 1 heterocycles. The average molecular weight is 325 g/mol. The largest absolute Gasteiger partial charge is 0.335 e. The number of hydrogen-bond donors (Lipinski definition) is 1. The van der Waals surface area contributed by atoms with Crippen LogP contribution in [0.15, 0.2) is 28.7 Å². The molecule has 2 atom stereocenters. The number of halogens is 1. The van der Waals surface area contributed by atoms with E-state index in [4.69, 9.17) is 0 Å². The van der Waals surface area contributed by atoms with Crippen LogP contribution in [0.3, 0.4) is 0 Å². The van der Waals surface area contributed by atoms with Crippen LogP contribution in [0, 0.1) is 0 Å². The highest BCUT2D eigenvalue weighted by molar-refractivity contribution is 9.10. The van der Waals surface area contributed by atoms with E-state index in [1.54, 1.807) is 0 Å². The highest BCUT2D eigenvalue weighted by atomic mass is 79.9. The van der Waals surface area contributed by atoms with Crippen LogP contribution in [0.2, 0.25) is 0 Å². The van der Waals surface area contributed by atoms with Gasteiger partial charge in [0.1, 0.15) is 0 Å². The molecule has 2 rings (SSSR count). The smallest absolute Gasteiger partial charge is 0.240 e. The van der Waals surface area contributed by atoms with Gasteiger partial charge in [0.15, 0.2) is 0 Å². The van der Waals surface area contributed by atoms with Crippen LogP contribution < -0.4 is 5.32 Å². The molecule has 0 aromatic heterocycles. The molecule has 1 N–H and O–H groups in total. The highest BCUT2D eigenvalue weighted by Gasteiger charge is 2.34. The van der Waals surface area contributed by atoms with Gasteiger partial charge in [0.05, 0.1) is 12.1 Å². The molecule has 4 heteroatoms. The maximum Gasteiger partial charge on any atom is 0.240 e. The second kappa shape index (κ2) is 6.06. The van der Waals surface area contributed by atoms with Crippen molar-refractivity contribution in [3.8, 4) is 0 Å². The first-order valence-corrected chi connectivity index (χ1v) is 7.60. The van der Waals surface area contributed by atoms with Gasteiger partial charge in [0, 0.05) is 17.1 Å². The number of amides is 1. The molecule has 1 fully saturated rings. The van der Waals surface area contributed by atoms with Crippen molar-refractivity contribution in [2.24, 2.45) is 0 Å². The van der Waals surface area contributed by atoms with E-state index >= 15 is 0 Å². The molecular weight excluding hydrogens is 304 g/mol. The van der Waals surface area contributed by atoms with E-state index in [-0.39, 0.29) is 18.0 Å². The summed E-state index contributed by atoms with van der Waals surface area (Å²) in [5.41, 5.74) is 1.17. The Hall–Kier alpha value is -0.870. The normalized spacial score (nSPS) is 21.2. The number of carbonyl (C=O) groups is 1. The van der Waals surface area contributed by atoms with Crippen molar-refractivity contribution in [3.63, 3.8) is 0 Å². The molecule has 0 radical (unpaired) electrons. The summed E-state index contributed by atoms with van der Waals surface area (Å²) in [6.07, 6.45) is 0.898. The van der Waals surface area contributed by atoms with Crippen molar-refractivity contribution < 1.29 is 4.79 Å². The minimum Gasteiger partial charge on any atom is -0.335 e. The van der Waals surface area contributed by atoms with Crippen molar-refractivity contribution in [1.29, 1.82) is 0 Å². The third-order valence-electron chi connectivity index (χ3n) is 3.57. The lowest BCUT2D eigenvalue weighted by atomic mass is 10.1. The minimum atomic E-state index is -0.0189. The summed E-state index contributed by atoms with van der Waals surface area (Å²) in [6.45, 7) is 7.08. The van der Waals surface area contributed by atoms with Gasteiger partial charge in [0.25, 0.3) is 0 Å². The van der Waals surface area contributed by atoms with Crippen LogP contribution >= 0.6 is 15.9 Å². The molecule has 3 nitrogen and oxygen atoms in total. The van der Waals surface area contributed by atoms with Gasteiger partial charge in [-0.25, -0.2) is 0 Å². The van der Waals surface area contributed by atoms with Gasteiger partial charge in [-0.05, 0) is 31.0 Å². The zero-order valence-electron chi connectivity index (χ0n) is 11.7. The van der Waals surface area contributed by atoms with E-state index in [2.05, 4.69) is 54.2 Å². The van der Waals surface area contributed by atoms with E-state index < -0.39 is 0 Å². The third kappa shape index (κ3) is 3.37. The zero-order valence-corrected chi connectivity index (χ0v) is 13.3. The molecule has 0 saturated carbocycles. The molecule has 1 aliphatic heterocycles. The number of carbonyl (C=O) groups excluding carboxylic acids is 1. The fourth-order valence-electron chi connectivity index (χ4n) is 2.59. The van der Waals surface area contributed by atoms with Gasteiger partial charge >= 0.3 is 0 Å². The molecular formula is C15H21BrN2O. The summed E-state index contributed by atoms with van der Waals surface area (Å²) in [5, 5.41) is 3.34. The van der Waals surface area contributed by atoms with Crippen LogP contribution in [-0.4, -0.2) is 29.4 Å². The summed E-state index contributed by atoms with van der Waals surface area (Å²) in [7, 11) is 0. The Morgan fingerprint density at radius 3 is 2.74 bits per heavy atom. The van der Waals surface area contributed by atoms with Gasteiger partial charge in [-0.1, -0.05) is 41.9 Å². The summed E-state index contributed by atoms with van der Waals surface area (Å²) in [4.78, 5) is 14.4. The number of rotatable bonds is 4. The number of nitrogens with zero attached hydrogens (tertiary/aromatic N) is 1. The molecule has 104 valence electrons. The predicted molar refractivity (Wildman–Crippen MR) is 80.9 cm³/mol. The van der Waals surface area contributed by atoms with Crippen molar-refractivity contribution >= 4 is 21.8 Å². The molecule has 1 aromatic rings. The third-order valence-corrected chi connectivity index (χ3v) is 4.07. The highest BCUT2D eigenvalue weighted by Crippen LogP contribution is 2.27. The molecule has 1 saturated heterocycles. The second-order valence-electron chi connectivity index (χ2n) is 5.43. The molecule has 1 aliphatic rings. The first-order chi connectivity index (χ1) is 8.99. The number of nitrogens with one attached hydrogen (secondary N) is 1.